The Labute approximate surface area is 110 Å². The topological polar surface area (TPSA) is 111 Å². The number of carboxylic acid groups (broad SMARTS) is 1. The Morgan fingerprint density at radius 3 is 2.79 bits per heavy atom. The maximum Gasteiger partial charge on any atom is 0.329 e. The zero-order chi connectivity index (χ0) is 14.3. The molecule has 0 fully saturated rings. The predicted molar refractivity (Wildman–Crippen MR) is 68.2 cm³/mol. The van der Waals surface area contributed by atoms with Crippen molar-refractivity contribution in [2.75, 3.05) is 32.6 Å². The number of nitrogen functional groups attached to an aromatic ring is 1. The van der Waals surface area contributed by atoms with E-state index in [2.05, 4.69) is 5.32 Å². The van der Waals surface area contributed by atoms with Gasteiger partial charge in [0.1, 0.15) is 12.4 Å². The summed E-state index contributed by atoms with van der Waals surface area (Å²) >= 11 is 0. The summed E-state index contributed by atoms with van der Waals surface area (Å²) in [6.07, 6.45) is 0. The standard InChI is InChI=1S/C12H16N2O5/c1-18-10-6-8(13)2-3-9(10)12(17)14-4-5-19-7-11(15)16/h2-3,6H,4-5,7,13H2,1H3,(H,14,17)(H,15,16). The average Bonchev–Trinajstić information content (AvgIpc) is 2.37. The van der Waals surface area contributed by atoms with Gasteiger partial charge in [-0.3, -0.25) is 4.79 Å². The molecule has 0 unspecified atom stereocenters. The molecule has 7 heteroatoms. The number of carboxylic acids is 1. The largest absolute Gasteiger partial charge is 0.496 e. The first-order valence-electron chi connectivity index (χ1n) is 5.56. The highest BCUT2D eigenvalue weighted by Gasteiger charge is 2.11. The summed E-state index contributed by atoms with van der Waals surface area (Å²) in [7, 11) is 1.45. The predicted octanol–water partition coefficient (Wildman–Crippen LogP) is 0.108. The number of anilines is 1. The van der Waals surface area contributed by atoms with Crippen molar-refractivity contribution in [1.29, 1.82) is 0 Å². The van der Waals surface area contributed by atoms with Crippen LogP contribution in [-0.2, 0) is 9.53 Å². The van der Waals surface area contributed by atoms with Crippen LogP contribution in [0.4, 0.5) is 5.69 Å². The van der Waals surface area contributed by atoms with Gasteiger partial charge >= 0.3 is 5.97 Å². The van der Waals surface area contributed by atoms with Gasteiger partial charge in [-0.2, -0.15) is 0 Å². The van der Waals surface area contributed by atoms with E-state index in [0.717, 1.165) is 0 Å². The molecule has 0 aliphatic carbocycles. The number of carbonyl (C=O) groups is 2. The average molecular weight is 268 g/mol. The molecule has 0 saturated heterocycles. The molecule has 1 amide bonds. The van der Waals surface area contributed by atoms with Crippen molar-refractivity contribution in [3.05, 3.63) is 23.8 Å². The fraction of sp³-hybridized carbons (Fsp3) is 0.333. The highest BCUT2D eigenvalue weighted by Crippen LogP contribution is 2.21. The molecule has 1 rings (SSSR count). The van der Waals surface area contributed by atoms with E-state index in [0.29, 0.717) is 17.0 Å². The number of ether oxygens (including phenoxy) is 2. The zero-order valence-electron chi connectivity index (χ0n) is 10.5. The van der Waals surface area contributed by atoms with Gasteiger partial charge in [0.2, 0.25) is 0 Å². The van der Waals surface area contributed by atoms with Gasteiger partial charge in [-0.1, -0.05) is 0 Å². The maximum absolute atomic E-state index is 11.8. The van der Waals surface area contributed by atoms with E-state index in [9.17, 15) is 9.59 Å². The summed E-state index contributed by atoms with van der Waals surface area (Å²) in [6.45, 7) is -0.0595. The summed E-state index contributed by atoms with van der Waals surface area (Å²) in [6, 6.07) is 4.70. The lowest BCUT2D eigenvalue weighted by Gasteiger charge is -2.09. The number of amides is 1. The Hall–Kier alpha value is -2.28. The first kappa shape index (κ1) is 14.8. The second-order valence-electron chi connectivity index (χ2n) is 3.66. The lowest BCUT2D eigenvalue weighted by atomic mass is 10.1. The Kier molecular flexibility index (Phi) is 5.62. The van der Waals surface area contributed by atoms with Gasteiger partial charge in [0.25, 0.3) is 5.91 Å². The highest BCUT2D eigenvalue weighted by molar-refractivity contribution is 5.97. The highest BCUT2D eigenvalue weighted by atomic mass is 16.5. The third-order valence-electron chi connectivity index (χ3n) is 2.23. The molecule has 104 valence electrons. The van der Waals surface area contributed by atoms with E-state index in [1.807, 2.05) is 0 Å². The van der Waals surface area contributed by atoms with Crippen LogP contribution < -0.4 is 15.8 Å². The van der Waals surface area contributed by atoms with E-state index in [1.54, 1.807) is 18.2 Å². The molecule has 0 spiro atoms. The van der Waals surface area contributed by atoms with Crippen LogP contribution in [0.25, 0.3) is 0 Å². The molecule has 1 aromatic carbocycles. The van der Waals surface area contributed by atoms with Crippen LogP contribution >= 0.6 is 0 Å². The molecule has 0 aromatic heterocycles. The second-order valence-corrected chi connectivity index (χ2v) is 3.66. The molecule has 0 aliphatic rings. The molecular weight excluding hydrogens is 252 g/mol. The minimum atomic E-state index is -1.05. The third-order valence-corrected chi connectivity index (χ3v) is 2.23. The monoisotopic (exact) mass is 268 g/mol. The number of hydrogen-bond acceptors (Lipinski definition) is 5. The summed E-state index contributed by atoms with van der Waals surface area (Å²) < 4.78 is 9.85. The lowest BCUT2D eigenvalue weighted by molar-refractivity contribution is -0.142. The van der Waals surface area contributed by atoms with Crippen LogP contribution in [0.3, 0.4) is 0 Å². The van der Waals surface area contributed by atoms with Crippen molar-refractivity contribution in [1.82, 2.24) is 5.32 Å². The van der Waals surface area contributed by atoms with Gasteiger partial charge in [-0.05, 0) is 12.1 Å². The Morgan fingerprint density at radius 1 is 1.42 bits per heavy atom. The number of hydrogen-bond donors (Lipinski definition) is 3. The minimum Gasteiger partial charge on any atom is -0.496 e. The van der Waals surface area contributed by atoms with Gasteiger partial charge in [0, 0.05) is 18.3 Å². The van der Waals surface area contributed by atoms with E-state index in [-0.39, 0.29) is 25.7 Å². The number of nitrogens with two attached hydrogens (primary N) is 1. The summed E-state index contributed by atoms with van der Waals surface area (Å²) in [4.78, 5) is 22.0. The first-order valence-corrected chi connectivity index (χ1v) is 5.56. The number of nitrogens with one attached hydrogen (secondary N) is 1. The molecule has 0 radical (unpaired) electrons. The number of aliphatic carboxylic acids is 1. The van der Waals surface area contributed by atoms with Gasteiger partial charge in [-0.25, -0.2) is 4.79 Å². The summed E-state index contributed by atoms with van der Waals surface area (Å²) in [5, 5.41) is 10.9. The molecule has 4 N–H and O–H groups in total. The lowest BCUT2D eigenvalue weighted by Crippen LogP contribution is -2.28. The zero-order valence-corrected chi connectivity index (χ0v) is 10.5. The third kappa shape index (κ3) is 4.84. The van der Waals surface area contributed by atoms with Crippen LogP contribution in [0, 0.1) is 0 Å². The molecule has 7 nitrogen and oxygen atoms in total. The Balaban J connectivity index is 2.47. The fourth-order valence-electron chi connectivity index (χ4n) is 1.39. The number of methoxy groups -OCH3 is 1. The SMILES string of the molecule is COc1cc(N)ccc1C(=O)NCCOCC(=O)O. The van der Waals surface area contributed by atoms with Crippen LogP contribution in [0.2, 0.25) is 0 Å². The molecule has 0 heterocycles. The smallest absolute Gasteiger partial charge is 0.329 e. The van der Waals surface area contributed by atoms with Crippen LogP contribution in [-0.4, -0.2) is 43.9 Å². The van der Waals surface area contributed by atoms with Crippen molar-refractivity contribution < 1.29 is 24.2 Å². The van der Waals surface area contributed by atoms with E-state index < -0.39 is 5.97 Å². The summed E-state index contributed by atoms with van der Waals surface area (Å²) in [5.74, 6) is -1.01. The van der Waals surface area contributed by atoms with Crippen molar-refractivity contribution >= 4 is 17.6 Å². The van der Waals surface area contributed by atoms with Crippen molar-refractivity contribution in [2.45, 2.75) is 0 Å². The molecule has 0 atom stereocenters. The second kappa shape index (κ2) is 7.22. The molecule has 0 bridgehead atoms. The van der Waals surface area contributed by atoms with E-state index >= 15 is 0 Å². The summed E-state index contributed by atoms with van der Waals surface area (Å²) in [5.41, 5.74) is 6.44. The van der Waals surface area contributed by atoms with Gasteiger partial charge in [-0.15, -0.1) is 0 Å². The normalized spacial score (nSPS) is 9.95. The fourth-order valence-corrected chi connectivity index (χ4v) is 1.39. The van der Waals surface area contributed by atoms with Gasteiger partial charge < -0.3 is 25.6 Å². The van der Waals surface area contributed by atoms with Crippen molar-refractivity contribution in [2.24, 2.45) is 0 Å². The van der Waals surface area contributed by atoms with Crippen LogP contribution in [0.15, 0.2) is 18.2 Å². The van der Waals surface area contributed by atoms with Crippen molar-refractivity contribution in [3.8, 4) is 5.75 Å². The molecule has 0 aliphatic heterocycles. The van der Waals surface area contributed by atoms with Crippen LogP contribution in [0.5, 0.6) is 5.75 Å². The quantitative estimate of drug-likeness (QED) is 0.478. The Bertz CT molecular complexity index is 461. The molecule has 0 saturated carbocycles. The number of rotatable bonds is 7. The molecular formula is C12H16N2O5. The van der Waals surface area contributed by atoms with E-state index in [1.165, 1.54) is 7.11 Å². The Morgan fingerprint density at radius 2 is 2.16 bits per heavy atom. The first-order chi connectivity index (χ1) is 9.04. The molecule has 19 heavy (non-hydrogen) atoms. The number of benzene rings is 1. The number of carbonyl (C=O) groups excluding carboxylic acids is 1. The minimum absolute atomic E-state index is 0.120. The van der Waals surface area contributed by atoms with Crippen LogP contribution in [0.1, 0.15) is 10.4 Å². The maximum atomic E-state index is 11.8. The van der Waals surface area contributed by atoms with Gasteiger partial charge in [0.15, 0.2) is 0 Å². The van der Waals surface area contributed by atoms with E-state index in [4.69, 9.17) is 20.3 Å². The van der Waals surface area contributed by atoms with Crippen molar-refractivity contribution in [3.63, 3.8) is 0 Å². The van der Waals surface area contributed by atoms with Gasteiger partial charge in [0.05, 0.1) is 19.3 Å². The molecule has 1 aromatic rings.